The van der Waals surface area contributed by atoms with Crippen LogP contribution in [0.3, 0.4) is 0 Å². The molecule has 0 aliphatic heterocycles. The van der Waals surface area contributed by atoms with Crippen molar-refractivity contribution >= 4 is 0 Å². The maximum Gasteiger partial charge on any atom is 0.165 e. The number of aryl methyl sites for hydroxylation is 1. The molecule has 0 heterocycles. The lowest BCUT2D eigenvalue weighted by Crippen LogP contribution is -2.18. The van der Waals surface area contributed by atoms with Crippen LogP contribution in [0.2, 0.25) is 0 Å². The Kier molecular flexibility index (Phi) is 5.23. The van der Waals surface area contributed by atoms with Crippen molar-refractivity contribution in [3.63, 3.8) is 0 Å². The molecule has 0 radical (unpaired) electrons. The summed E-state index contributed by atoms with van der Waals surface area (Å²) in [6.07, 6.45) is 0. The number of hydrogen-bond donors (Lipinski definition) is 1. The van der Waals surface area contributed by atoms with E-state index in [0.29, 0.717) is 0 Å². The lowest BCUT2D eigenvalue weighted by molar-refractivity contribution is 0.350. The second-order valence-corrected chi connectivity index (χ2v) is 5.17. The first kappa shape index (κ1) is 15.4. The van der Waals surface area contributed by atoms with E-state index in [1.807, 2.05) is 12.1 Å². The number of hydrogen-bond acceptors (Lipinski definition) is 3. The van der Waals surface area contributed by atoms with Gasteiger partial charge in [-0.1, -0.05) is 42.0 Å². The molecular weight excluding hydrogens is 262 g/mol. The molecule has 0 saturated heterocycles. The first-order valence-electron chi connectivity index (χ1n) is 7.15. The van der Waals surface area contributed by atoms with Crippen LogP contribution < -0.4 is 14.8 Å². The van der Waals surface area contributed by atoms with Gasteiger partial charge in [-0.15, -0.1) is 0 Å². The van der Waals surface area contributed by atoms with Gasteiger partial charge < -0.3 is 14.8 Å². The zero-order chi connectivity index (χ0) is 15.2. The Balaban J connectivity index is 2.07. The van der Waals surface area contributed by atoms with Gasteiger partial charge in [-0.3, -0.25) is 0 Å². The zero-order valence-electron chi connectivity index (χ0n) is 13.1. The zero-order valence-corrected chi connectivity index (χ0v) is 13.1. The van der Waals surface area contributed by atoms with Crippen molar-refractivity contribution in [3.8, 4) is 11.5 Å². The van der Waals surface area contributed by atoms with Crippen molar-refractivity contribution in [3.05, 3.63) is 59.2 Å². The van der Waals surface area contributed by atoms with E-state index in [-0.39, 0.29) is 6.04 Å². The molecule has 3 nitrogen and oxygen atoms in total. The van der Waals surface area contributed by atoms with Crippen LogP contribution in [0.1, 0.15) is 29.7 Å². The van der Waals surface area contributed by atoms with Gasteiger partial charge in [0.15, 0.2) is 11.5 Å². The van der Waals surface area contributed by atoms with E-state index in [9.17, 15) is 0 Å². The van der Waals surface area contributed by atoms with Crippen molar-refractivity contribution in [2.24, 2.45) is 0 Å². The van der Waals surface area contributed by atoms with E-state index >= 15 is 0 Å². The number of rotatable bonds is 6. The highest BCUT2D eigenvalue weighted by atomic mass is 16.5. The highest BCUT2D eigenvalue weighted by Gasteiger charge is 2.11. The monoisotopic (exact) mass is 285 g/mol. The van der Waals surface area contributed by atoms with E-state index in [1.54, 1.807) is 14.2 Å². The first-order valence-corrected chi connectivity index (χ1v) is 7.15. The normalized spacial score (nSPS) is 12.0. The van der Waals surface area contributed by atoms with Crippen molar-refractivity contribution in [2.75, 3.05) is 14.2 Å². The van der Waals surface area contributed by atoms with Crippen molar-refractivity contribution in [2.45, 2.75) is 26.4 Å². The fourth-order valence-corrected chi connectivity index (χ4v) is 2.33. The minimum Gasteiger partial charge on any atom is -0.493 e. The fourth-order valence-electron chi connectivity index (χ4n) is 2.33. The van der Waals surface area contributed by atoms with Gasteiger partial charge in [0, 0.05) is 18.2 Å². The molecule has 2 rings (SSSR count). The molecule has 0 aliphatic carbocycles. The third kappa shape index (κ3) is 3.76. The van der Waals surface area contributed by atoms with Gasteiger partial charge in [-0.2, -0.15) is 0 Å². The van der Waals surface area contributed by atoms with Gasteiger partial charge in [0.1, 0.15) is 0 Å². The number of ether oxygens (including phenoxy) is 2. The summed E-state index contributed by atoms with van der Waals surface area (Å²) >= 11 is 0. The van der Waals surface area contributed by atoms with Crippen molar-refractivity contribution in [1.29, 1.82) is 0 Å². The number of nitrogens with one attached hydrogen (secondary N) is 1. The lowest BCUT2D eigenvalue weighted by Gasteiger charge is -2.17. The molecule has 2 aromatic rings. The van der Waals surface area contributed by atoms with Crippen molar-refractivity contribution < 1.29 is 9.47 Å². The van der Waals surface area contributed by atoms with E-state index in [0.717, 1.165) is 23.6 Å². The second kappa shape index (κ2) is 7.14. The van der Waals surface area contributed by atoms with Crippen LogP contribution in [0.15, 0.2) is 42.5 Å². The van der Waals surface area contributed by atoms with E-state index in [2.05, 4.69) is 49.5 Å². The lowest BCUT2D eigenvalue weighted by atomic mass is 10.1. The van der Waals surface area contributed by atoms with Gasteiger partial charge in [0.25, 0.3) is 0 Å². The van der Waals surface area contributed by atoms with Gasteiger partial charge in [0.2, 0.25) is 0 Å². The molecule has 1 N–H and O–H groups in total. The minimum atomic E-state index is 0.279. The SMILES string of the molecule is COc1cccc(CN[C@H](C)c2ccc(C)cc2)c1OC. The van der Waals surface area contributed by atoms with E-state index in [4.69, 9.17) is 9.47 Å². The summed E-state index contributed by atoms with van der Waals surface area (Å²) in [5.74, 6) is 1.56. The van der Waals surface area contributed by atoms with Crippen LogP contribution in [0, 0.1) is 6.92 Å². The predicted molar refractivity (Wildman–Crippen MR) is 86.0 cm³/mol. The molecular formula is C18H23NO2. The molecule has 0 unspecified atom stereocenters. The summed E-state index contributed by atoms with van der Waals surface area (Å²) in [4.78, 5) is 0. The number of benzene rings is 2. The Labute approximate surface area is 126 Å². The molecule has 21 heavy (non-hydrogen) atoms. The molecule has 0 fully saturated rings. The molecule has 0 aromatic heterocycles. The molecule has 0 amide bonds. The first-order chi connectivity index (χ1) is 10.2. The van der Waals surface area contributed by atoms with Crippen LogP contribution >= 0.6 is 0 Å². The molecule has 3 heteroatoms. The fraction of sp³-hybridized carbons (Fsp3) is 0.333. The predicted octanol–water partition coefficient (Wildman–Crippen LogP) is 3.86. The number of para-hydroxylation sites is 1. The summed E-state index contributed by atoms with van der Waals surface area (Å²) in [6.45, 7) is 5.00. The Morgan fingerprint density at radius 1 is 1.00 bits per heavy atom. The van der Waals surface area contributed by atoms with E-state index in [1.165, 1.54) is 11.1 Å². The summed E-state index contributed by atoms with van der Waals surface area (Å²) in [5, 5.41) is 3.53. The average molecular weight is 285 g/mol. The average Bonchev–Trinajstić information content (AvgIpc) is 2.52. The highest BCUT2D eigenvalue weighted by molar-refractivity contribution is 5.46. The Morgan fingerprint density at radius 2 is 1.71 bits per heavy atom. The van der Waals surface area contributed by atoms with Gasteiger partial charge >= 0.3 is 0 Å². The summed E-state index contributed by atoms with van der Waals surface area (Å²) in [5.41, 5.74) is 3.65. The largest absolute Gasteiger partial charge is 0.493 e. The maximum atomic E-state index is 5.46. The molecule has 0 aliphatic rings. The third-order valence-electron chi connectivity index (χ3n) is 3.66. The molecule has 0 bridgehead atoms. The smallest absolute Gasteiger partial charge is 0.165 e. The Bertz CT molecular complexity index is 578. The maximum absolute atomic E-state index is 5.46. The van der Waals surface area contributed by atoms with Crippen LogP contribution in [0.25, 0.3) is 0 Å². The van der Waals surface area contributed by atoms with Gasteiger partial charge in [-0.05, 0) is 25.5 Å². The van der Waals surface area contributed by atoms with Gasteiger partial charge in [0.05, 0.1) is 14.2 Å². The van der Waals surface area contributed by atoms with E-state index < -0.39 is 0 Å². The van der Waals surface area contributed by atoms with Crippen molar-refractivity contribution in [1.82, 2.24) is 5.32 Å². The Morgan fingerprint density at radius 3 is 2.33 bits per heavy atom. The number of methoxy groups -OCH3 is 2. The molecule has 0 spiro atoms. The summed E-state index contributed by atoms with van der Waals surface area (Å²) < 4.78 is 10.8. The highest BCUT2D eigenvalue weighted by Crippen LogP contribution is 2.30. The molecule has 1 atom stereocenters. The minimum absolute atomic E-state index is 0.279. The van der Waals surface area contributed by atoms with Crippen LogP contribution in [0.4, 0.5) is 0 Å². The van der Waals surface area contributed by atoms with Crippen LogP contribution in [-0.2, 0) is 6.54 Å². The molecule has 2 aromatic carbocycles. The van der Waals surface area contributed by atoms with Crippen LogP contribution in [-0.4, -0.2) is 14.2 Å². The third-order valence-corrected chi connectivity index (χ3v) is 3.66. The quantitative estimate of drug-likeness (QED) is 0.874. The van der Waals surface area contributed by atoms with Gasteiger partial charge in [-0.25, -0.2) is 0 Å². The topological polar surface area (TPSA) is 30.5 Å². The Hall–Kier alpha value is -2.00. The summed E-state index contributed by atoms with van der Waals surface area (Å²) in [7, 11) is 3.33. The molecule has 0 saturated carbocycles. The summed E-state index contributed by atoms with van der Waals surface area (Å²) in [6, 6.07) is 14.8. The standard InChI is InChI=1S/C18H23NO2/c1-13-8-10-15(11-9-13)14(2)19-12-16-6-5-7-17(20-3)18(16)21-4/h5-11,14,19H,12H2,1-4H3/t14-/m1/s1. The second-order valence-electron chi connectivity index (χ2n) is 5.17. The molecule has 112 valence electrons. The van der Waals surface area contributed by atoms with Crippen LogP contribution in [0.5, 0.6) is 11.5 Å².